The van der Waals surface area contributed by atoms with E-state index in [2.05, 4.69) is 41.0 Å². The molecule has 1 fully saturated rings. The lowest BCUT2D eigenvalue weighted by atomic mass is 10.1. The topological polar surface area (TPSA) is 39.9 Å². The number of aromatic hydroxyl groups is 1. The van der Waals surface area contributed by atoms with Crippen LogP contribution in [-0.4, -0.2) is 36.2 Å². The molecule has 2 aromatic carbocycles. The van der Waals surface area contributed by atoms with Crippen molar-refractivity contribution in [2.45, 2.75) is 13.5 Å². The van der Waals surface area contributed by atoms with Gasteiger partial charge in [0.15, 0.2) is 11.3 Å². The highest BCUT2D eigenvalue weighted by atomic mass is 16.3. The predicted molar refractivity (Wildman–Crippen MR) is 96.5 cm³/mol. The Labute approximate surface area is 141 Å². The number of piperazine rings is 1. The Morgan fingerprint density at radius 2 is 1.79 bits per heavy atom. The molecular weight excluding hydrogens is 300 g/mol. The largest absolute Gasteiger partial charge is 0.504 e. The number of phenolic OH excluding ortho intramolecular Hbond substituents is 1. The van der Waals surface area contributed by atoms with Crippen molar-refractivity contribution < 1.29 is 9.52 Å². The summed E-state index contributed by atoms with van der Waals surface area (Å²) in [6, 6.07) is 14.4. The summed E-state index contributed by atoms with van der Waals surface area (Å²) >= 11 is 0. The number of hydrogen-bond donors (Lipinski definition) is 1. The van der Waals surface area contributed by atoms with Crippen LogP contribution < -0.4 is 4.90 Å². The minimum atomic E-state index is 0.277. The van der Waals surface area contributed by atoms with Crippen LogP contribution in [0.2, 0.25) is 0 Å². The first-order chi connectivity index (χ1) is 11.7. The predicted octanol–water partition coefficient (Wildman–Crippen LogP) is 3.77. The van der Waals surface area contributed by atoms with E-state index in [-0.39, 0.29) is 5.75 Å². The Morgan fingerprint density at radius 1 is 1.00 bits per heavy atom. The van der Waals surface area contributed by atoms with E-state index in [0.29, 0.717) is 5.58 Å². The summed E-state index contributed by atoms with van der Waals surface area (Å²) in [5.74, 6) is 0.277. The summed E-state index contributed by atoms with van der Waals surface area (Å²) in [4.78, 5) is 4.83. The van der Waals surface area contributed by atoms with Crippen LogP contribution in [0.15, 0.2) is 53.1 Å². The van der Waals surface area contributed by atoms with E-state index in [1.54, 1.807) is 6.26 Å². The SMILES string of the molecule is Cc1ccccc1N1CCN(Cc2ccc3ccoc3c2O)CC1. The fourth-order valence-corrected chi connectivity index (χ4v) is 3.49. The van der Waals surface area contributed by atoms with Crippen molar-refractivity contribution in [3.63, 3.8) is 0 Å². The summed E-state index contributed by atoms with van der Waals surface area (Å²) in [6.07, 6.45) is 1.62. The molecule has 1 aliphatic heterocycles. The van der Waals surface area contributed by atoms with Crippen LogP contribution in [0.4, 0.5) is 5.69 Å². The molecule has 1 N–H and O–H groups in total. The van der Waals surface area contributed by atoms with Gasteiger partial charge < -0.3 is 14.4 Å². The molecule has 0 atom stereocenters. The Hall–Kier alpha value is -2.46. The zero-order valence-corrected chi connectivity index (χ0v) is 13.9. The van der Waals surface area contributed by atoms with Gasteiger partial charge in [-0.05, 0) is 24.6 Å². The molecule has 124 valence electrons. The molecule has 0 saturated carbocycles. The number of hydrogen-bond acceptors (Lipinski definition) is 4. The van der Waals surface area contributed by atoms with Crippen molar-refractivity contribution in [2.75, 3.05) is 31.1 Å². The van der Waals surface area contributed by atoms with Gasteiger partial charge in [0.05, 0.1) is 6.26 Å². The monoisotopic (exact) mass is 322 g/mol. The smallest absolute Gasteiger partial charge is 0.175 e. The molecule has 0 bridgehead atoms. The van der Waals surface area contributed by atoms with E-state index in [0.717, 1.165) is 43.7 Å². The zero-order chi connectivity index (χ0) is 16.5. The Bertz CT molecular complexity index is 848. The van der Waals surface area contributed by atoms with E-state index >= 15 is 0 Å². The summed E-state index contributed by atoms with van der Waals surface area (Å²) in [5.41, 5.74) is 4.18. The first-order valence-corrected chi connectivity index (χ1v) is 8.43. The lowest BCUT2D eigenvalue weighted by molar-refractivity contribution is 0.246. The van der Waals surface area contributed by atoms with Crippen molar-refractivity contribution in [1.82, 2.24) is 4.90 Å². The van der Waals surface area contributed by atoms with Gasteiger partial charge in [-0.25, -0.2) is 0 Å². The highest BCUT2D eigenvalue weighted by Crippen LogP contribution is 2.30. The average Bonchev–Trinajstić information content (AvgIpc) is 3.08. The number of nitrogens with zero attached hydrogens (tertiary/aromatic N) is 2. The fraction of sp³-hybridized carbons (Fsp3) is 0.300. The third-order valence-electron chi connectivity index (χ3n) is 4.90. The molecule has 4 heteroatoms. The van der Waals surface area contributed by atoms with Crippen molar-refractivity contribution in [3.8, 4) is 5.75 Å². The molecule has 4 nitrogen and oxygen atoms in total. The number of fused-ring (bicyclic) bond motifs is 1. The van der Waals surface area contributed by atoms with Crippen molar-refractivity contribution in [2.24, 2.45) is 0 Å². The molecule has 1 saturated heterocycles. The highest BCUT2D eigenvalue weighted by Gasteiger charge is 2.20. The van der Waals surface area contributed by atoms with Gasteiger partial charge in [0.1, 0.15) is 0 Å². The molecular formula is C20H22N2O2. The molecule has 0 radical (unpaired) electrons. The molecule has 0 aliphatic carbocycles. The molecule has 4 rings (SSSR count). The zero-order valence-electron chi connectivity index (χ0n) is 13.9. The normalized spacial score (nSPS) is 16.0. The number of rotatable bonds is 3. The van der Waals surface area contributed by atoms with E-state index in [1.165, 1.54) is 11.3 Å². The first kappa shape index (κ1) is 15.1. The molecule has 3 aromatic rings. The molecule has 0 amide bonds. The minimum Gasteiger partial charge on any atom is -0.504 e. The number of para-hydroxylation sites is 1. The number of anilines is 1. The lowest BCUT2D eigenvalue weighted by Gasteiger charge is -2.36. The third-order valence-corrected chi connectivity index (χ3v) is 4.90. The van der Waals surface area contributed by atoms with Gasteiger partial charge in [-0.1, -0.05) is 30.3 Å². The molecule has 1 aromatic heterocycles. The van der Waals surface area contributed by atoms with Gasteiger partial charge in [-0.15, -0.1) is 0 Å². The number of furan rings is 1. The quantitative estimate of drug-likeness (QED) is 0.797. The minimum absolute atomic E-state index is 0.277. The maximum Gasteiger partial charge on any atom is 0.175 e. The summed E-state index contributed by atoms with van der Waals surface area (Å²) in [6.45, 7) is 6.92. The number of phenols is 1. The average molecular weight is 322 g/mol. The second kappa shape index (κ2) is 6.21. The Morgan fingerprint density at radius 3 is 2.58 bits per heavy atom. The van der Waals surface area contributed by atoms with Gasteiger partial charge in [-0.2, -0.15) is 0 Å². The maximum atomic E-state index is 10.4. The standard InChI is InChI=1S/C20H22N2O2/c1-15-4-2-3-5-18(15)22-11-9-21(10-12-22)14-17-7-6-16-8-13-24-20(16)19(17)23/h2-8,13,23H,9-12,14H2,1H3. The van der Waals surface area contributed by atoms with Crippen LogP contribution in [0.5, 0.6) is 5.75 Å². The van der Waals surface area contributed by atoms with Crippen molar-refractivity contribution >= 4 is 16.7 Å². The van der Waals surface area contributed by atoms with Gasteiger partial charge in [-0.3, -0.25) is 4.90 Å². The number of aryl methyl sites for hydroxylation is 1. The molecule has 0 spiro atoms. The molecule has 1 aliphatic rings. The Balaban J connectivity index is 1.44. The van der Waals surface area contributed by atoms with Crippen molar-refractivity contribution in [1.29, 1.82) is 0 Å². The summed E-state index contributed by atoms with van der Waals surface area (Å²) in [7, 11) is 0. The van der Waals surface area contributed by atoms with E-state index in [1.807, 2.05) is 18.2 Å². The molecule has 2 heterocycles. The van der Waals surface area contributed by atoms with Crippen LogP contribution in [0.25, 0.3) is 11.0 Å². The highest BCUT2D eigenvalue weighted by molar-refractivity contribution is 5.84. The first-order valence-electron chi connectivity index (χ1n) is 8.43. The maximum absolute atomic E-state index is 10.4. The van der Waals surface area contributed by atoms with E-state index in [9.17, 15) is 5.11 Å². The van der Waals surface area contributed by atoms with Gasteiger partial charge in [0, 0.05) is 49.4 Å². The summed E-state index contributed by atoms with van der Waals surface area (Å²) in [5, 5.41) is 11.3. The van der Waals surface area contributed by atoms with Crippen LogP contribution in [0, 0.1) is 6.92 Å². The second-order valence-electron chi connectivity index (χ2n) is 6.46. The van der Waals surface area contributed by atoms with Gasteiger partial charge in [0.2, 0.25) is 0 Å². The summed E-state index contributed by atoms with van der Waals surface area (Å²) < 4.78 is 5.39. The van der Waals surface area contributed by atoms with Crippen LogP contribution in [0.1, 0.15) is 11.1 Å². The van der Waals surface area contributed by atoms with Crippen molar-refractivity contribution in [3.05, 3.63) is 59.9 Å². The second-order valence-corrected chi connectivity index (χ2v) is 6.46. The third kappa shape index (κ3) is 2.74. The lowest BCUT2D eigenvalue weighted by Crippen LogP contribution is -2.46. The van der Waals surface area contributed by atoms with Gasteiger partial charge in [0.25, 0.3) is 0 Å². The van der Waals surface area contributed by atoms with Crippen LogP contribution >= 0.6 is 0 Å². The van der Waals surface area contributed by atoms with E-state index < -0.39 is 0 Å². The Kier molecular flexibility index (Phi) is 3.90. The molecule has 0 unspecified atom stereocenters. The fourth-order valence-electron chi connectivity index (χ4n) is 3.49. The van der Waals surface area contributed by atoms with Gasteiger partial charge >= 0.3 is 0 Å². The van der Waals surface area contributed by atoms with Crippen LogP contribution in [0.3, 0.4) is 0 Å². The molecule has 24 heavy (non-hydrogen) atoms. The van der Waals surface area contributed by atoms with E-state index in [4.69, 9.17) is 4.42 Å². The van der Waals surface area contributed by atoms with Crippen LogP contribution in [-0.2, 0) is 6.54 Å². The number of benzene rings is 2.